The molecule has 19 heavy (non-hydrogen) atoms. The van der Waals surface area contributed by atoms with E-state index in [0.717, 1.165) is 10.6 Å². The molecule has 0 aliphatic heterocycles. The van der Waals surface area contributed by atoms with E-state index in [-0.39, 0.29) is 4.75 Å². The quantitative estimate of drug-likeness (QED) is 0.506. The number of rotatable bonds is 4. The van der Waals surface area contributed by atoms with Gasteiger partial charge >= 0.3 is 0 Å². The van der Waals surface area contributed by atoms with Gasteiger partial charge in [0, 0.05) is 17.0 Å². The van der Waals surface area contributed by atoms with Crippen LogP contribution >= 0.6 is 11.8 Å². The van der Waals surface area contributed by atoms with Crippen LogP contribution in [0.15, 0.2) is 28.3 Å². The van der Waals surface area contributed by atoms with Crippen LogP contribution in [0.5, 0.6) is 0 Å². The molecule has 3 N–H and O–H groups in total. The van der Waals surface area contributed by atoms with Gasteiger partial charge < -0.3 is 11.1 Å². The van der Waals surface area contributed by atoms with E-state index in [9.17, 15) is 0 Å². The van der Waals surface area contributed by atoms with E-state index in [1.165, 1.54) is 0 Å². The normalized spacial score (nSPS) is 12.8. The highest BCUT2D eigenvalue weighted by molar-refractivity contribution is 8.00. The Morgan fingerprint density at radius 3 is 2.74 bits per heavy atom. The fourth-order valence-corrected chi connectivity index (χ4v) is 2.39. The average Bonchev–Trinajstić information content (AvgIpc) is 2.23. The Hall–Kier alpha value is -1.23. The van der Waals surface area contributed by atoms with Crippen LogP contribution in [0.1, 0.15) is 40.2 Å². The van der Waals surface area contributed by atoms with E-state index in [1.54, 1.807) is 11.8 Å². The third-order valence-electron chi connectivity index (χ3n) is 2.08. The summed E-state index contributed by atoms with van der Waals surface area (Å²) in [6.45, 7) is 11.2. The van der Waals surface area contributed by atoms with Crippen LogP contribution in [-0.2, 0) is 6.54 Å². The minimum absolute atomic E-state index is 0.160. The van der Waals surface area contributed by atoms with E-state index >= 15 is 0 Å². The van der Waals surface area contributed by atoms with Crippen molar-refractivity contribution < 1.29 is 0 Å². The van der Waals surface area contributed by atoms with Crippen LogP contribution in [0, 0.1) is 0 Å². The van der Waals surface area contributed by atoms with Crippen molar-refractivity contribution in [3.63, 3.8) is 0 Å². The number of hydrogen-bond acceptors (Lipinski definition) is 3. The molecule has 106 valence electrons. The number of guanidine groups is 1. The molecule has 0 saturated carbocycles. The van der Waals surface area contributed by atoms with Gasteiger partial charge in [0.2, 0.25) is 0 Å². The summed E-state index contributed by atoms with van der Waals surface area (Å²) < 4.78 is 0.160. The van der Waals surface area contributed by atoms with E-state index in [0.29, 0.717) is 18.5 Å². The Kier molecular flexibility index (Phi) is 5.66. The Morgan fingerprint density at radius 2 is 2.16 bits per heavy atom. The average molecular weight is 280 g/mol. The molecule has 0 aliphatic rings. The lowest BCUT2D eigenvalue weighted by atomic mass is 10.3. The van der Waals surface area contributed by atoms with E-state index in [4.69, 9.17) is 5.73 Å². The Labute approximate surface area is 120 Å². The first kappa shape index (κ1) is 15.8. The summed E-state index contributed by atoms with van der Waals surface area (Å²) in [7, 11) is 0. The Balaban J connectivity index is 2.67. The van der Waals surface area contributed by atoms with Gasteiger partial charge in [-0.3, -0.25) is 0 Å². The summed E-state index contributed by atoms with van der Waals surface area (Å²) in [4.78, 5) is 8.69. The lowest BCUT2D eigenvalue weighted by Crippen LogP contribution is -2.36. The molecule has 0 radical (unpaired) electrons. The summed E-state index contributed by atoms with van der Waals surface area (Å²) in [5.41, 5.74) is 6.90. The van der Waals surface area contributed by atoms with Crippen molar-refractivity contribution in [2.24, 2.45) is 10.7 Å². The lowest BCUT2D eigenvalue weighted by Gasteiger charge is -2.16. The SMILES string of the molecule is CC(C)NC(N)=NCc1ccnc(SC(C)(C)C)c1. The number of hydrogen-bond donors (Lipinski definition) is 2. The molecular formula is C14H24N4S. The number of aliphatic imine (C=N–C) groups is 1. The molecule has 0 aromatic carbocycles. The van der Waals surface area contributed by atoms with Gasteiger partial charge in [0.15, 0.2) is 5.96 Å². The second-order valence-corrected chi connectivity index (χ2v) is 7.56. The van der Waals surface area contributed by atoms with Crippen molar-refractivity contribution in [2.45, 2.75) is 57.0 Å². The summed E-state index contributed by atoms with van der Waals surface area (Å²) in [6, 6.07) is 4.34. The molecule has 0 unspecified atom stereocenters. The molecule has 0 amide bonds. The highest BCUT2D eigenvalue weighted by Gasteiger charge is 2.13. The molecule has 4 nitrogen and oxygen atoms in total. The third kappa shape index (κ3) is 7.06. The zero-order chi connectivity index (χ0) is 14.5. The molecule has 0 aliphatic carbocycles. The van der Waals surface area contributed by atoms with Crippen LogP contribution in [0.3, 0.4) is 0 Å². The van der Waals surface area contributed by atoms with Crippen molar-refractivity contribution in [1.82, 2.24) is 10.3 Å². The van der Waals surface area contributed by atoms with Crippen LogP contribution in [0.2, 0.25) is 0 Å². The zero-order valence-corrected chi connectivity index (χ0v) is 13.2. The van der Waals surface area contributed by atoms with Gasteiger partial charge in [-0.1, -0.05) is 20.8 Å². The smallest absolute Gasteiger partial charge is 0.189 e. The molecule has 5 heteroatoms. The van der Waals surface area contributed by atoms with E-state index < -0.39 is 0 Å². The summed E-state index contributed by atoms with van der Waals surface area (Å²) in [5.74, 6) is 0.483. The predicted molar refractivity (Wildman–Crippen MR) is 83.4 cm³/mol. The summed E-state index contributed by atoms with van der Waals surface area (Å²) >= 11 is 1.75. The number of pyridine rings is 1. The maximum atomic E-state index is 5.78. The highest BCUT2D eigenvalue weighted by Crippen LogP contribution is 2.30. The van der Waals surface area contributed by atoms with Crippen LogP contribution in [-0.4, -0.2) is 21.7 Å². The number of aromatic nitrogens is 1. The monoisotopic (exact) mass is 280 g/mol. The van der Waals surface area contributed by atoms with Gasteiger partial charge in [-0.2, -0.15) is 0 Å². The van der Waals surface area contributed by atoms with Crippen LogP contribution in [0.4, 0.5) is 0 Å². The summed E-state index contributed by atoms with van der Waals surface area (Å²) in [6.07, 6.45) is 1.82. The van der Waals surface area contributed by atoms with Crippen molar-refractivity contribution in [3.8, 4) is 0 Å². The molecule has 1 aromatic heterocycles. The highest BCUT2D eigenvalue weighted by atomic mass is 32.2. The molecule has 1 rings (SSSR count). The molecule has 0 saturated heterocycles. The minimum atomic E-state index is 0.160. The van der Waals surface area contributed by atoms with Crippen molar-refractivity contribution in [3.05, 3.63) is 23.9 Å². The number of nitrogens with zero attached hydrogens (tertiary/aromatic N) is 2. The fraction of sp³-hybridized carbons (Fsp3) is 0.571. The predicted octanol–water partition coefficient (Wildman–Crippen LogP) is 2.78. The van der Waals surface area contributed by atoms with Gasteiger partial charge in [-0.15, -0.1) is 11.8 Å². The second kappa shape index (κ2) is 6.80. The van der Waals surface area contributed by atoms with Crippen LogP contribution in [0.25, 0.3) is 0 Å². The topological polar surface area (TPSA) is 63.3 Å². The minimum Gasteiger partial charge on any atom is -0.370 e. The maximum Gasteiger partial charge on any atom is 0.189 e. The van der Waals surface area contributed by atoms with Crippen LogP contribution < -0.4 is 11.1 Å². The molecule has 0 spiro atoms. The third-order valence-corrected chi connectivity index (χ3v) is 3.12. The Morgan fingerprint density at radius 1 is 1.47 bits per heavy atom. The van der Waals surface area contributed by atoms with Gasteiger partial charge in [0.05, 0.1) is 11.6 Å². The molecule has 0 bridgehead atoms. The molecule has 0 atom stereocenters. The second-order valence-electron chi connectivity index (χ2n) is 5.72. The maximum absolute atomic E-state index is 5.78. The lowest BCUT2D eigenvalue weighted by molar-refractivity contribution is 0.723. The van der Waals surface area contributed by atoms with E-state index in [1.807, 2.05) is 26.1 Å². The molecule has 1 heterocycles. The molecule has 1 aromatic rings. The van der Waals surface area contributed by atoms with E-state index in [2.05, 4.69) is 42.1 Å². The first-order valence-electron chi connectivity index (χ1n) is 6.46. The first-order chi connectivity index (χ1) is 8.76. The van der Waals surface area contributed by atoms with Crippen molar-refractivity contribution in [2.75, 3.05) is 0 Å². The standard InChI is InChI=1S/C14H24N4S/c1-10(2)18-13(15)17-9-11-6-7-16-12(8-11)19-14(3,4)5/h6-8,10H,9H2,1-5H3,(H3,15,17,18). The number of nitrogens with two attached hydrogens (primary N) is 1. The molecule has 0 fully saturated rings. The van der Waals surface area contributed by atoms with Crippen molar-refractivity contribution in [1.29, 1.82) is 0 Å². The zero-order valence-electron chi connectivity index (χ0n) is 12.4. The number of nitrogens with one attached hydrogen (secondary N) is 1. The Bertz CT molecular complexity index is 435. The van der Waals surface area contributed by atoms with Crippen molar-refractivity contribution >= 4 is 17.7 Å². The van der Waals surface area contributed by atoms with Gasteiger partial charge in [0.25, 0.3) is 0 Å². The summed E-state index contributed by atoms with van der Waals surface area (Å²) in [5, 5.41) is 4.10. The largest absolute Gasteiger partial charge is 0.370 e. The number of thioether (sulfide) groups is 1. The van der Waals surface area contributed by atoms with Gasteiger partial charge in [-0.05, 0) is 31.5 Å². The first-order valence-corrected chi connectivity index (χ1v) is 7.28. The molecular weight excluding hydrogens is 256 g/mol. The fourth-order valence-electron chi connectivity index (χ4n) is 1.44. The van der Waals surface area contributed by atoms with Gasteiger partial charge in [0.1, 0.15) is 0 Å². The van der Waals surface area contributed by atoms with Gasteiger partial charge in [-0.25, -0.2) is 9.98 Å².